The van der Waals surface area contributed by atoms with Gasteiger partial charge in [0.15, 0.2) is 4.77 Å². The van der Waals surface area contributed by atoms with E-state index in [0.717, 1.165) is 5.56 Å². The molecule has 2 aromatic carbocycles. The van der Waals surface area contributed by atoms with Crippen LogP contribution in [0.25, 0.3) is 10.9 Å². The first-order chi connectivity index (χ1) is 12.8. The Balaban J connectivity index is 1.93. The standard InChI is InChI=1S/C19H17Cl2N3O2S/c1-3-24-18(26)14-7-5-11(8-16(14)22-19(24)27)17(25)23(2)10-12-4-6-13(20)9-15(12)21/h4-9H,3,10H2,1-2H3,(H,22,27). The summed E-state index contributed by atoms with van der Waals surface area (Å²) >= 11 is 17.3. The predicted molar refractivity (Wildman–Crippen MR) is 111 cm³/mol. The first kappa shape index (κ1) is 19.6. The molecule has 1 amide bonds. The lowest BCUT2D eigenvalue weighted by molar-refractivity contribution is 0.0785. The Morgan fingerprint density at radius 2 is 1.96 bits per heavy atom. The van der Waals surface area contributed by atoms with Crippen LogP contribution in [0.4, 0.5) is 0 Å². The summed E-state index contributed by atoms with van der Waals surface area (Å²) in [6, 6.07) is 10.1. The molecule has 1 N–H and O–H groups in total. The minimum absolute atomic E-state index is 0.170. The SMILES string of the molecule is CCn1c(=S)[nH]c2cc(C(=O)N(C)Cc3ccc(Cl)cc3Cl)ccc2c1=O. The molecule has 1 aromatic heterocycles. The van der Waals surface area contributed by atoms with Crippen molar-refractivity contribution < 1.29 is 4.79 Å². The molecule has 0 saturated heterocycles. The van der Waals surface area contributed by atoms with Gasteiger partial charge in [-0.25, -0.2) is 0 Å². The monoisotopic (exact) mass is 421 g/mol. The molecule has 0 radical (unpaired) electrons. The van der Waals surface area contributed by atoms with Crippen molar-refractivity contribution in [2.75, 3.05) is 7.05 Å². The molecule has 0 bridgehead atoms. The number of rotatable bonds is 4. The first-order valence-corrected chi connectivity index (χ1v) is 9.44. The lowest BCUT2D eigenvalue weighted by atomic mass is 10.1. The minimum Gasteiger partial charge on any atom is -0.337 e. The lowest BCUT2D eigenvalue weighted by Gasteiger charge is -2.18. The predicted octanol–water partition coefficient (Wildman–Crippen LogP) is 4.66. The molecule has 0 aliphatic carbocycles. The summed E-state index contributed by atoms with van der Waals surface area (Å²) in [7, 11) is 1.69. The number of benzene rings is 2. The lowest BCUT2D eigenvalue weighted by Crippen LogP contribution is -2.26. The third-order valence-corrected chi connectivity index (χ3v) is 5.22. The Labute approximate surface area is 171 Å². The van der Waals surface area contributed by atoms with Gasteiger partial charge >= 0.3 is 0 Å². The Bertz CT molecular complexity index is 1150. The van der Waals surface area contributed by atoms with E-state index in [-0.39, 0.29) is 11.5 Å². The van der Waals surface area contributed by atoms with Crippen molar-refractivity contribution in [2.45, 2.75) is 20.0 Å². The van der Waals surface area contributed by atoms with Crippen molar-refractivity contribution in [1.29, 1.82) is 0 Å². The third kappa shape index (κ3) is 3.93. The van der Waals surface area contributed by atoms with Crippen LogP contribution in [-0.2, 0) is 13.1 Å². The Morgan fingerprint density at radius 3 is 2.63 bits per heavy atom. The summed E-state index contributed by atoms with van der Waals surface area (Å²) in [4.78, 5) is 29.8. The molecule has 0 aliphatic rings. The van der Waals surface area contributed by atoms with E-state index in [2.05, 4.69) is 4.98 Å². The van der Waals surface area contributed by atoms with Gasteiger partial charge in [0.05, 0.1) is 10.9 Å². The second kappa shape index (κ2) is 7.84. The van der Waals surface area contributed by atoms with Crippen LogP contribution in [-0.4, -0.2) is 27.4 Å². The molecule has 0 aliphatic heterocycles. The van der Waals surface area contributed by atoms with Crippen LogP contribution in [0, 0.1) is 4.77 Å². The number of aromatic nitrogens is 2. The highest BCUT2D eigenvalue weighted by Crippen LogP contribution is 2.22. The molecule has 3 rings (SSSR count). The number of carbonyl (C=O) groups excluding carboxylic acids is 1. The van der Waals surface area contributed by atoms with Crippen LogP contribution < -0.4 is 5.56 Å². The van der Waals surface area contributed by atoms with Crippen LogP contribution in [0.1, 0.15) is 22.8 Å². The molecular formula is C19H17Cl2N3O2S. The van der Waals surface area contributed by atoms with Gasteiger partial charge in [-0.15, -0.1) is 0 Å². The summed E-state index contributed by atoms with van der Waals surface area (Å²) < 4.78 is 1.81. The van der Waals surface area contributed by atoms with E-state index in [1.54, 1.807) is 48.3 Å². The maximum atomic E-state index is 12.8. The number of hydrogen-bond donors (Lipinski definition) is 1. The number of carbonyl (C=O) groups is 1. The summed E-state index contributed by atoms with van der Waals surface area (Å²) in [6.07, 6.45) is 0. The summed E-state index contributed by atoms with van der Waals surface area (Å²) in [5.74, 6) is -0.193. The highest BCUT2D eigenvalue weighted by Gasteiger charge is 2.15. The maximum absolute atomic E-state index is 12.8. The fourth-order valence-electron chi connectivity index (χ4n) is 2.87. The zero-order valence-corrected chi connectivity index (χ0v) is 17.1. The maximum Gasteiger partial charge on any atom is 0.262 e. The Kier molecular flexibility index (Phi) is 5.69. The van der Waals surface area contributed by atoms with Crippen LogP contribution in [0.3, 0.4) is 0 Å². The molecule has 0 unspecified atom stereocenters. The highest BCUT2D eigenvalue weighted by molar-refractivity contribution is 7.71. The quantitative estimate of drug-likeness (QED) is 0.623. The van der Waals surface area contributed by atoms with Crippen molar-refractivity contribution in [2.24, 2.45) is 0 Å². The van der Waals surface area contributed by atoms with Crippen LogP contribution >= 0.6 is 35.4 Å². The molecule has 3 aromatic rings. The van der Waals surface area contributed by atoms with E-state index in [9.17, 15) is 9.59 Å². The van der Waals surface area contributed by atoms with Gasteiger partial charge in [-0.05, 0) is 55.0 Å². The van der Waals surface area contributed by atoms with Crippen LogP contribution in [0.2, 0.25) is 10.0 Å². The van der Waals surface area contributed by atoms with E-state index < -0.39 is 0 Å². The molecule has 0 saturated carbocycles. The second-order valence-electron chi connectivity index (χ2n) is 6.14. The summed E-state index contributed by atoms with van der Waals surface area (Å²) in [6.45, 7) is 2.67. The van der Waals surface area contributed by atoms with E-state index in [4.69, 9.17) is 35.4 Å². The van der Waals surface area contributed by atoms with Crippen molar-refractivity contribution >= 4 is 52.2 Å². The smallest absolute Gasteiger partial charge is 0.262 e. The average Bonchev–Trinajstić information content (AvgIpc) is 2.63. The number of hydrogen-bond acceptors (Lipinski definition) is 3. The molecule has 0 fully saturated rings. The molecule has 27 heavy (non-hydrogen) atoms. The number of H-pyrrole nitrogens is 1. The van der Waals surface area contributed by atoms with Gasteiger partial charge in [-0.2, -0.15) is 0 Å². The Morgan fingerprint density at radius 1 is 1.22 bits per heavy atom. The van der Waals surface area contributed by atoms with E-state index >= 15 is 0 Å². The molecule has 0 spiro atoms. The fourth-order valence-corrected chi connectivity index (χ4v) is 3.66. The summed E-state index contributed by atoms with van der Waals surface area (Å²) in [5.41, 5.74) is 1.62. The van der Waals surface area contributed by atoms with Gasteiger partial charge < -0.3 is 9.88 Å². The number of nitrogens with one attached hydrogen (secondary N) is 1. The van der Waals surface area contributed by atoms with Gasteiger partial charge in [0.2, 0.25) is 0 Å². The highest BCUT2D eigenvalue weighted by atomic mass is 35.5. The first-order valence-electron chi connectivity index (χ1n) is 8.28. The van der Waals surface area contributed by atoms with Crippen molar-refractivity contribution in [1.82, 2.24) is 14.5 Å². The largest absolute Gasteiger partial charge is 0.337 e. The van der Waals surface area contributed by atoms with Crippen molar-refractivity contribution in [3.63, 3.8) is 0 Å². The molecule has 8 heteroatoms. The van der Waals surface area contributed by atoms with Crippen LogP contribution in [0.5, 0.6) is 0 Å². The van der Waals surface area contributed by atoms with Gasteiger partial charge in [-0.3, -0.25) is 14.2 Å². The van der Waals surface area contributed by atoms with E-state index in [0.29, 0.717) is 44.4 Å². The Hall–Kier alpha value is -2.15. The zero-order valence-electron chi connectivity index (χ0n) is 14.8. The number of amides is 1. The molecule has 0 atom stereocenters. The minimum atomic E-state index is -0.193. The van der Waals surface area contributed by atoms with E-state index in [1.807, 2.05) is 6.92 Å². The zero-order chi connectivity index (χ0) is 19.7. The topological polar surface area (TPSA) is 58.1 Å². The molecule has 1 heterocycles. The van der Waals surface area contributed by atoms with Gasteiger partial charge in [-0.1, -0.05) is 29.3 Å². The van der Waals surface area contributed by atoms with Gasteiger partial charge in [0.1, 0.15) is 0 Å². The van der Waals surface area contributed by atoms with Crippen molar-refractivity contribution in [3.05, 3.63) is 72.7 Å². The van der Waals surface area contributed by atoms with Gasteiger partial charge in [0, 0.05) is 35.7 Å². The number of halogens is 2. The van der Waals surface area contributed by atoms with Crippen molar-refractivity contribution in [3.8, 4) is 0 Å². The molecule has 140 valence electrons. The van der Waals surface area contributed by atoms with Crippen LogP contribution in [0.15, 0.2) is 41.2 Å². The number of aromatic amines is 1. The number of fused-ring (bicyclic) bond motifs is 1. The number of nitrogens with zero attached hydrogens (tertiary/aromatic N) is 2. The summed E-state index contributed by atoms with van der Waals surface area (Å²) in [5, 5.41) is 1.54. The van der Waals surface area contributed by atoms with E-state index in [1.165, 1.54) is 4.57 Å². The van der Waals surface area contributed by atoms with Gasteiger partial charge in [0.25, 0.3) is 11.5 Å². The molecular weight excluding hydrogens is 405 g/mol. The fraction of sp³-hybridized carbons (Fsp3) is 0.211. The second-order valence-corrected chi connectivity index (χ2v) is 7.37. The molecule has 5 nitrogen and oxygen atoms in total. The third-order valence-electron chi connectivity index (χ3n) is 4.31. The normalized spacial score (nSPS) is 11.0. The average molecular weight is 422 g/mol.